The molecule has 1 rings (SSSR count). The lowest BCUT2D eigenvalue weighted by Crippen LogP contribution is -2.23. The van der Waals surface area contributed by atoms with Crippen molar-refractivity contribution in [3.63, 3.8) is 0 Å². The van der Waals surface area contributed by atoms with Crippen LogP contribution in [0.4, 0.5) is 0 Å². The van der Waals surface area contributed by atoms with Crippen LogP contribution in [0.5, 0.6) is 0 Å². The molecular weight excluding hydrogens is 218 g/mol. The number of thioether (sulfide) groups is 1. The monoisotopic (exact) mass is 239 g/mol. The van der Waals surface area contributed by atoms with Gasteiger partial charge in [-0.2, -0.15) is 0 Å². The smallest absolute Gasteiger partial charge is 0.0553 e. The zero-order valence-corrected chi connectivity index (χ0v) is 11.1. The molecule has 2 unspecified atom stereocenters. The van der Waals surface area contributed by atoms with E-state index in [9.17, 15) is 0 Å². The Morgan fingerprint density at radius 2 is 2.06 bits per heavy atom. The van der Waals surface area contributed by atoms with Crippen LogP contribution in [0.2, 0.25) is 0 Å². The lowest BCUT2D eigenvalue weighted by Gasteiger charge is -2.22. The van der Waals surface area contributed by atoms with Crippen molar-refractivity contribution in [1.82, 2.24) is 0 Å². The van der Waals surface area contributed by atoms with Gasteiger partial charge in [-0.05, 0) is 25.0 Å². The van der Waals surface area contributed by atoms with Crippen molar-refractivity contribution < 1.29 is 4.74 Å². The first-order valence-electron chi connectivity index (χ1n) is 5.58. The van der Waals surface area contributed by atoms with Gasteiger partial charge < -0.3 is 10.5 Å². The highest BCUT2D eigenvalue weighted by atomic mass is 32.2. The first-order valence-corrected chi connectivity index (χ1v) is 6.63. The summed E-state index contributed by atoms with van der Waals surface area (Å²) < 4.78 is 5.08. The number of nitrogens with two attached hydrogens (primary N) is 1. The normalized spacial score (nSPS) is 14.8. The van der Waals surface area contributed by atoms with Crippen LogP contribution >= 0.6 is 11.8 Å². The van der Waals surface area contributed by atoms with E-state index in [2.05, 4.69) is 38.1 Å². The summed E-state index contributed by atoms with van der Waals surface area (Å²) in [6.45, 7) is 4.98. The lowest BCUT2D eigenvalue weighted by atomic mass is 10.0. The van der Waals surface area contributed by atoms with Crippen LogP contribution in [0.15, 0.2) is 24.3 Å². The maximum absolute atomic E-state index is 6.06. The van der Waals surface area contributed by atoms with E-state index in [1.165, 1.54) is 11.1 Å². The van der Waals surface area contributed by atoms with E-state index in [0.29, 0.717) is 5.25 Å². The predicted molar refractivity (Wildman–Crippen MR) is 71.9 cm³/mol. The number of hydrogen-bond acceptors (Lipinski definition) is 3. The molecule has 0 amide bonds. The molecule has 90 valence electrons. The van der Waals surface area contributed by atoms with Gasteiger partial charge >= 0.3 is 0 Å². The maximum atomic E-state index is 6.06. The van der Waals surface area contributed by atoms with Gasteiger partial charge in [0, 0.05) is 24.2 Å². The lowest BCUT2D eigenvalue weighted by molar-refractivity contribution is 0.218. The van der Waals surface area contributed by atoms with Gasteiger partial charge in [0.05, 0.1) is 6.61 Å². The molecule has 0 spiro atoms. The minimum Gasteiger partial charge on any atom is -0.384 e. The van der Waals surface area contributed by atoms with Crippen LogP contribution < -0.4 is 5.73 Å². The van der Waals surface area contributed by atoms with Gasteiger partial charge in [0.1, 0.15) is 0 Å². The van der Waals surface area contributed by atoms with E-state index in [-0.39, 0.29) is 6.04 Å². The molecule has 3 heteroatoms. The van der Waals surface area contributed by atoms with Crippen LogP contribution in [-0.4, -0.2) is 25.5 Å². The fraction of sp³-hybridized carbons (Fsp3) is 0.538. The largest absolute Gasteiger partial charge is 0.384 e. The van der Waals surface area contributed by atoms with Crippen LogP contribution in [0.3, 0.4) is 0 Å². The summed E-state index contributed by atoms with van der Waals surface area (Å²) in [6.07, 6.45) is 0. The predicted octanol–water partition coefficient (Wildman–Crippen LogP) is 2.76. The zero-order chi connectivity index (χ0) is 12.0. The van der Waals surface area contributed by atoms with Gasteiger partial charge in [-0.25, -0.2) is 0 Å². The van der Waals surface area contributed by atoms with Gasteiger partial charge in [-0.3, -0.25) is 0 Å². The molecule has 16 heavy (non-hydrogen) atoms. The standard InChI is InChI=1S/C13H21NOS/c1-10-6-4-5-7-12(10)13(11(2)14)16-9-8-15-3/h4-7,11,13H,8-9,14H2,1-3H3. The quantitative estimate of drug-likeness (QED) is 0.775. The van der Waals surface area contributed by atoms with Crippen LogP contribution in [0, 0.1) is 6.92 Å². The number of rotatable bonds is 6. The molecule has 0 saturated heterocycles. The van der Waals surface area contributed by atoms with E-state index in [1.54, 1.807) is 7.11 Å². The summed E-state index contributed by atoms with van der Waals surface area (Å²) >= 11 is 1.87. The highest BCUT2D eigenvalue weighted by Gasteiger charge is 2.17. The van der Waals surface area contributed by atoms with E-state index in [4.69, 9.17) is 10.5 Å². The average Bonchev–Trinajstić information content (AvgIpc) is 2.25. The van der Waals surface area contributed by atoms with E-state index < -0.39 is 0 Å². The number of aryl methyl sites for hydroxylation is 1. The third kappa shape index (κ3) is 3.81. The minimum atomic E-state index is 0.156. The molecule has 2 nitrogen and oxygen atoms in total. The molecular formula is C13H21NOS. The molecule has 2 atom stereocenters. The fourth-order valence-electron chi connectivity index (χ4n) is 1.69. The Bertz CT molecular complexity index is 315. The van der Waals surface area contributed by atoms with Crippen molar-refractivity contribution in [1.29, 1.82) is 0 Å². The third-order valence-corrected chi connectivity index (χ3v) is 4.00. The molecule has 0 aliphatic carbocycles. The summed E-state index contributed by atoms with van der Waals surface area (Å²) in [5.74, 6) is 0.983. The number of methoxy groups -OCH3 is 1. The van der Waals surface area contributed by atoms with Crippen molar-refractivity contribution >= 4 is 11.8 Å². The highest BCUT2D eigenvalue weighted by Crippen LogP contribution is 2.32. The van der Waals surface area contributed by atoms with Crippen LogP contribution in [0.1, 0.15) is 23.3 Å². The highest BCUT2D eigenvalue weighted by molar-refractivity contribution is 7.99. The van der Waals surface area contributed by atoms with Crippen molar-refractivity contribution in [2.45, 2.75) is 25.1 Å². The van der Waals surface area contributed by atoms with Crippen molar-refractivity contribution in [3.05, 3.63) is 35.4 Å². The second kappa shape index (κ2) is 6.94. The van der Waals surface area contributed by atoms with Gasteiger partial charge in [0.15, 0.2) is 0 Å². The van der Waals surface area contributed by atoms with Gasteiger partial charge in [-0.15, -0.1) is 11.8 Å². The van der Waals surface area contributed by atoms with Crippen molar-refractivity contribution in [2.75, 3.05) is 19.5 Å². The van der Waals surface area contributed by atoms with Crippen LogP contribution in [-0.2, 0) is 4.74 Å². The van der Waals surface area contributed by atoms with Crippen molar-refractivity contribution in [2.24, 2.45) is 5.73 Å². The van der Waals surface area contributed by atoms with Crippen molar-refractivity contribution in [3.8, 4) is 0 Å². The molecule has 0 aromatic heterocycles. The molecule has 1 aromatic carbocycles. The Morgan fingerprint density at radius 1 is 1.38 bits per heavy atom. The minimum absolute atomic E-state index is 0.156. The SMILES string of the molecule is COCCSC(c1ccccc1C)C(C)N. The topological polar surface area (TPSA) is 35.2 Å². The summed E-state index contributed by atoms with van der Waals surface area (Å²) in [5, 5.41) is 0.358. The Morgan fingerprint density at radius 3 is 2.62 bits per heavy atom. The Hall–Kier alpha value is -0.510. The summed E-state index contributed by atoms with van der Waals surface area (Å²) in [4.78, 5) is 0. The average molecular weight is 239 g/mol. The molecule has 0 saturated carbocycles. The molecule has 1 aromatic rings. The molecule has 0 heterocycles. The van der Waals surface area contributed by atoms with Gasteiger partial charge in [0.25, 0.3) is 0 Å². The summed E-state index contributed by atoms with van der Waals surface area (Å²) in [6, 6.07) is 8.61. The first-order chi connectivity index (χ1) is 7.66. The summed E-state index contributed by atoms with van der Waals surface area (Å²) in [5.41, 5.74) is 8.72. The number of hydrogen-bond donors (Lipinski definition) is 1. The number of ether oxygens (including phenoxy) is 1. The molecule has 0 radical (unpaired) electrons. The Balaban J connectivity index is 2.74. The molecule has 0 fully saturated rings. The zero-order valence-electron chi connectivity index (χ0n) is 10.3. The second-order valence-corrected chi connectivity index (χ2v) is 5.25. The second-order valence-electron chi connectivity index (χ2n) is 4.00. The van der Waals surface area contributed by atoms with E-state index >= 15 is 0 Å². The molecule has 0 aliphatic heterocycles. The fourth-order valence-corrected chi connectivity index (χ4v) is 2.95. The van der Waals surface area contributed by atoms with E-state index in [1.807, 2.05) is 11.8 Å². The summed E-state index contributed by atoms with van der Waals surface area (Å²) in [7, 11) is 1.73. The molecule has 2 N–H and O–H groups in total. The molecule has 0 bridgehead atoms. The first kappa shape index (κ1) is 13.6. The van der Waals surface area contributed by atoms with E-state index in [0.717, 1.165) is 12.4 Å². The number of benzene rings is 1. The molecule has 0 aliphatic rings. The van der Waals surface area contributed by atoms with Gasteiger partial charge in [0.2, 0.25) is 0 Å². The Labute approximate surface area is 103 Å². The maximum Gasteiger partial charge on any atom is 0.0553 e. The third-order valence-electron chi connectivity index (χ3n) is 2.56. The van der Waals surface area contributed by atoms with Gasteiger partial charge in [-0.1, -0.05) is 24.3 Å². The Kier molecular flexibility index (Phi) is 5.88. The van der Waals surface area contributed by atoms with Crippen LogP contribution in [0.25, 0.3) is 0 Å².